The second kappa shape index (κ2) is 9.32. The first-order valence-electron chi connectivity index (χ1n) is 10.4. The van der Waals surface area contributed by atoms with Gasteiger partial charge in [0, 0.05) is 23.7 Å². The Bertz CT molecular complexity index is 1230. The number of carbonyl (C=O) groups is 1. The number of esters is 1. The van der Waals surface area contributed by atoms with Crippen LogP contribution < -0.4 is 0 Å². The average Bonchev–Trinajstić information content (AvgIpc) is 3.19. The number of methoxy groups -OCH3 is 1. The first-order valence-corrected chi connectivity index (χ1v) is 10.4. The smallest absolute Gasteiger partial charge is 0.305 e. The molecule has 0 saturated heterocycles. The zero-order valence-corrected chi connectivity index (χ0v) is 17.5. The molecule has 1 heterocycles. The summed E-state index contributed by atoms with van der Waals surface area (Å²) in [6, 6.07) is 26.7. The molecule has 154 valence electrons. The monoisotopic (exact) mass is 408 g/mol. The maximum Gasteiger partial charge on any atom is 0.305 e. The summed E-state index contributed by atoms with van der Waals surface area (Å²) in [5.41, 5.74) is 6.49. The van der Waals surface area contributed by atoms with Gasteiger partial charge in [0.15, 0.2) is 0 Å². The SMILES string of the molecule is COC(=O)CCc1ccc2c(c1)c(CCc1ccccc1)cn2-c1ccc(C#N)cc1. The van der Waals surface area contributed by atoms with Crippen molar-refractivity contribution < 1.29 is 9.53 Å². The number of rotatable bonds is 7. The molecule has 0 N–H and O–H groups in total. The van der Waals surface area contributed by atoms with Crippen LogP contribution in [0.25, 0.3) is 16.6 Å². The van der Waals surface area contributed by atoms with Gasteiger partial charge in [0.1, 0.15) is 0 Å². The molecule has 0 saturated carbocycles. The van der Waals surface area contributed by atoms with Crippen LogP contribution in [0.1, 0.15) is 28.7 Å². The molecule has 31 heavy (non-hydrogen) atoms. The first-order chi connectivity index (χ1) is 15.2. The van der Waals surface area contributed by atoms with Crippen LogP contribution in [0.4, 0.5) is 0 Å². The van der Waals surface area contributed by atoms with Gasteiger partial charge < -0.3 is 9.30 Å². The molecule has 4 nitrogen and oxygen atoms in total. The van der Waals surface area contributed by atoms with E-state index in [1.165, 1.54) is 23.6 Å². The minimum Gasteiger partial charge on any atom is -0.469 e. The standard InChI is InChI=1S/C27H24N2O2/c1-31-27(30)16-11-21-10-15-26-25(17-21)23(12-7-20-5-3-2-4-6-20)19-29(26)24-13-8-22(18-28)9-14-24/h2-6,8-10,13-15,17,19H,7,11-12,16H2,1H3. The van der Waals surface area contributed by atoms with E-state index in [1.807, 2.05) is 30.3 Å². The van der Waals surface area contributed by atoms with E-state index < -0.39 is 0 Å². The highest BCUT2D eigenvalue weighted by molar-refractivity contribution is 5.86. The van der Waals surface area contributed by atoms with E-state index in [0.717, 1.165) is 29.6 Å². The van der Waals surface area contributed by atoms with E-state index in [4.69, 9.17) is 10.00 Å². The fourth-order valence-electron chi connectivity index (χ4n) is 3.88. The molecule has 4 heteroatoms. The van der Waals surface area contributed by atoms with Crippen LogP contribution in [0.2, 0.25) is 0 Å². The lowest BCUT2D eigenvalue weighted by Crippen LogP contribution is -2.01. The largest absolute Gasteiger partial charge is 0.469 e. The van der Waals surface area contributed by atoms with Gasteiger partial charge >= 0.3 is 5.97 Å². The molecule has 0 aliphatic rings. The quantitative estimate of drug-likeness (QED) is 0.385. The summed E-state index contributed by atoms with van der Waals surface area (Å²) < 4.78 is 6.97. The molecule has 0 spiro atoms. The summed E-state index contributed by atoms with van der Waals surface area (Å²) in [7, 11) is 1.42. The van der Waals surface area contributed by atoms with Gasteiger partial charge in [-0.2, -0.15) is 5.26 Å². The van der Waals surface area contributed by atoms with Gasteiger partial charge in [0.05, 0.1) is 24.3 Å². The molecule has 0 amide bonds. The highest BCUT2D eigenvalue weighted by atomic mass is 16.5. The van der Waals surface area contributed by atoms with Gasteiger partial charge in [-0.25, -0.2) is 0 Å². The Labute approximate surface area is 182 Å². The van der Waals surface area contributed by atoms with Crippen molar-refractivity contribution in [2.24, 2.45) is 0 Å². The predicted molar refractivity (Wildman–Crippen MR) is 122 cm³/mol. The predicted octanol–water partition coefficient (Wildman–Crippen LogP) is 5.39. The summed E-state index contributed by atoms with van der Waals surface area (Å²) in [5, 5.41) is 10.3. The van der Waals surface area contributed by atoms with E-state index in [-0.39, 0.29) is 5.97 Å². The second-order valence-electron chi connectivity index (χ2n) is 7.60. The van der Waals surface area contributed by atoms with E-state index in [9.17, 15) is 4.79 Å². The van der Waals surface area contributed by atoms with Crippen molar-refractivity contribution in [3.8, 4) is 11.8 Å². The van der Waals surface area contributed by atoms with Crippen molar-refractivity contribution in [2.45, 2.75) is 25.7 Å². The van der Waals surface area contributed by atoms with Gasteiger partial charge in [-0.15, -0.1) is 0 Å². The normalized spacial score (nSPS) is 10.7. The third kappa shape index (κ3) is 4.67. The fourth-order valence-corrected chi connectivity index (χ4v) is 3.88. The average molecular weight is 409 g/mol. The summed E-state index contributed by atoms with van der Waals surface area (Å²) >= 11 is 0. The van der Waals surface area contributed by atoms with Gasteiger partial charge in [-0.05, 0) is 72.4 Å². The van der Waals surface area contributed by atoms with Crippen LogP contribution in [0.5, 0.6) is 0 Å². The number of ether oxygens (including phenoxy) is 1. The van der Waals surface area contributed by atoms with Crippen LogP contribution in [0, 0.1) is 11.3 Å². The highest BCUT2D eigenvalue weighted by Crippen LogP contribution is 2.28. The number of aryl methyl sites for hydroxylation is 3. The van der Waals surface area contributed by atoms with Crippen molar-refractivity contribution in [1.29, 1.82) is 5.26 Å². The molecule has 3 aromatic carbocycles. The molecular formula is C27H24N2O2. The third-order valence-electron chi connectivity index (χ3n) is 5.60. The third-order valence-corrected chi connectivity index (χ3v) is 5.60. The molecular weight excluding hydrogens is 384 g/mol. The van der Waals surface area contributed by atoms with Crippen LogP contribution in [0.15, 0.2) is 79.0 Å². The van der Waals surface area contributed by atoms with Crippen molar-refractivity contribution in [1.82, 2.24) is 4.57 Å². The fraction of sp³-hybridized carbons (Fsp3) is 0.185. The summed E-state index contributed by atoms with van der Waals surface area (Å²) in [6.45, 7) is 0. The van der Waals surface area contributed by atoms with E-state index in [1.54, 1.807) is 0 Å². The summed E-state index contributed by atoms with van der Waals surface area (Å²) in [4.78, 5) is 11.6. The van der Waals surface area contributed by atoms with Crippen LogP contribution in [0.3, 0.4) is 0 Å². The molecule has 0 unspecified atom stereocenters. The number of hydrogen-bond donors (Lipinski definition) is 0. The Morgan fingerprint density at radius 3 is 2.42 bits per heavy atom. The Morgan fingerprint density at radius 1 is 0.935 bits per heavy atom. The van der Waals surface area contributed by atoms with Gasteiger partial charge in [-0.3, -0.25) is 4.79 Å². The highest BCUT2D eigenvalue weighted by Gasteiger charge is 2.12. The number of nitriles is 1. The maximum atomic E-state index is 11.6. The number of carbonyl (C=O) groups excluding carboxylic acids is 1. The Balaban J connectivity index is 1.71. The molecule has 4 aromatic rings. The molecule has 0 atom stereocenters. The lowest BCUT2D eigenvalue weighted by atomic mass is 10.0. The van der Waals surface area contributed by atoms with Crippen molar-refractivity contribution in [3.05, 3.63) is 101 Å². The minimum absolute atomic E-state index is 0.195. The summed E-state index contributed by atoms with van der Waals surface area (Å²) in [6.07, 6.45) is 5.10. The molecule has 1 aromatic heterocycles. The van der Waals surface area contributed by atoms with Gasteiger partial charge in [0.2, 0.25) is 0 Å². The van der Waals surface area contributed by atoms with Crippen molar-refractivity contribution in [3.63, 3.8) is 0 Å². The number of aromatic nitrogens is 1. The molecule has 0 fully saturated rings. The minimum atomic E-state index is -0.195. The molecule has 4 rings (SSSR count). The number of nitrogens with zero attached hydrogens (tertiary/aromatic N) is 2. The number of hydrogen-bond acceptors (Lipinski definition) is 3. The molecule has 0 bridgehead atoms. The Hall–Kier alpha value is -3.84. The molecule has 0 aliphatic heterocycles. The Morgan fingerprint density at radius 2 is 1.71 bits per heavy atom. The van der Waals surface area contributed by atoms with E-state index >= 15 is 0 Å². The van der Waals surface area contributed by atoms with E-state index in [0.29, 0.717) is 18.4 Å². The van der Waals surface area contributed by atoms with Crippen LogP contribution >= 0.6 is 0 Å². The zero-order chi connectivity index (χ0) is 21.6. The number of benzene rings is 3. The Kier molecular flexibility index (Phi) is 6.14. The lowest BCUT2D eigenvalue weighted by molar-refractivity contribution is -0.140. The summed E-state index contributed by atoms with van der Waals surface area (Å²) in [5.74, 6) is -0.195. The topological polar surface area (TPSA) is 55.0 Å². The molecule has 0 aliphatic carbocycles. The van der Waals surface area contributed by atoms with E-state index in [2.05, 4.69) is 59.3 Å². The second-order valence-corrected chi connectivity index (χ2v) is 7.60. The first kappa shape index (κ1) is 20.4. The lowest BCUT2D eigenvalue weighted by Gasteiger charge is -2.07. The van der Waals surface area contributed by atoms with Crippen molar-refractivity contribution >= 4 is 16.9 Å². The zero-order valence-electron chi connectivity index (χ0n) is 17.5. The molecule has 0 radical (unpaired) electrons. The van der Waals surface area contributed by atoms with Crippen molar-refractivity contribution in [2.75, 3.05) is 7.11 Å². The van der Waals surface area contributed by atoms with Gasteiger partial charge in [-0.1, -0.05) is 36.4 Å². The van der Waals surface area contributed by atoms with Crippen LogP contribution in [-0.4, -0.2) is 17.6 Å². The van der Waals surface area contributed by atoms with Crippen LogP contribution in [-0.2, 0) is 28.8 Å². The maximum absolute atomic E-state index is 11.6. The number of fused-ring (bicyclic) bond motifs is 1. The van der Waals surface area contributed by atoms with Gasteiger partial charge in [0.25, 0.3) is 0 Å².